The minimum atomic E-state index is -1.52. The van der Waals surface area contributed by atoms with Gasteiger partial charge in [0, 0.05) is 9.39 Å². The first kappa shape index (κ1) is 7.84. The van der Waals surface area contributed by atoms with E-state index in [0.717, 1.165) is 12.8 Å². The molecule has 0 spiro atoms. The lowest BCUT2D eigenvalue weighted by Gasteiger charge is -1.99. The van der Waals surface area contributed by atoms with Gasteiger partial charge in [0.2, 0.25) is 0 Å². The molecule has 0 bridgehead atoms. The van der Waals surface area contributed by atoms with E-state index < -0.39 is 11.7 Å². The number of halogens is 1. The van der Waals surface area contributed by atoms with Crippen LogP contribution < -0.4 is 0 Å². The van der Waals surface area contributed by atoms with Crippen LogP contribution in [0.2, 0.25) is 0 Å². The zero-order valence-electron chi connectivity index (χ0n) is 11.1. The van der Waals surface area contributed by atoms with Crippen molar-refractivity contribution >= 4 is 15.9 Å². The van der Waals surface area contributed by atoms with Crippen LogP contribution in [0, 0.1) is 0 Å². The van der Waals surface area contributed by atoms with Gasteiger partial charge in [-0.25, -0.2) is 0 Å². The largest absolute Gasteiger partial charge is 0.0928 e. The first-order valence-electron chi connectivity index (χ1n) is 6.67. The Kier molecular flexibility index (Phi) is 7.50. The van der Waals surface area contributed by atoms with Crippen LogP contribution in [0.25, 0.3) is 0 Å². The Morgan fingerprint density at radius 3 is 1.92 bits per heavy atom. The molecule has 0 amide bonds. The Balaban J connectivity index is 3.24. The molecule has 0 saturated carbocycles. The maximum Gasteiger partial charge on any atom is 0.0387 e. The first-order valence-corrected chi connectivity index (χ1v) is 5.89. The minimum absolute atomic E-state index is 0.631. The van der Waals surface area contributed by atoms with E-state index in [4.69, 9.17) is 4.11 Å². The van der Waals surface area contributed by atoms with Gasteiger partial charge in [-0.3, -0.25) is 0 Å². The van der Waals surface area contributed by atoms with E-state index in [9.17, 15) is 0 Å². The molecule has 1 unspecified atom stereocenters. The molecule has 0 fully saturated rings. The van der Waals surface area contributed by atoms with Gasteiger partial charge >= 0.3 is 0 Å². The zero-order chi connectivity index (χ0) is 11.7. The van der Waals surface area contributed by atoms with Crippen LogP contribution in [0.15, 0.2) is 0 Å². The normalized spacial score (nSPS) is 18.0. The van der Waals surface area contributed by atoms with E-state index in [1.807, 2.05) is 0 Å². The van der Waals surface area contributed by atoms with Crippen molar-refractivity contribution in [2.45, 2.75) is 64.7 Å². The van der Waals surface area contributed by atoms with Crippen LogP contribution in [0.4, 0.5) is 0 Å². The average Bonchev–Trinajstić information content (AvgIpc) is 2.14. The molecule has 0 aliphatic heterocycles. The summed E-state index contributed by atoms with van der Waals surface area (Å²) >= 11 is 2.89. The van der Waals surface area contributed by atoms with Crippen molar-refractivity contribution in [3.8, 4) is 0 Å². The molecule has 0 aliphatic carbocycles. The third-order valence-corrected chi connectivity index (χ3v) is 2.35. The minimum Gasteiger partial charge on any atom is -0.0928 e. The molecule has 0 aromatic carbocycles. The SMILES string of the molecule is [2H]C(CCCCCCCCC)C([2H])([2H])Br. The molecule has 0 saturated heterocycles. The molecule has 0 radical (unpaired) electrons. The standard InChI is InChI=1S/C11H23Br/c1-2-3-4-5-6-7-8-9-10-11-12/h2-11H2,1H3/i10D,11D2. The Morgan fingerprint density at radius 1 is 0.917 bits per heavy atom. The quantitative estimate of drug-likeness (QED) is 0.395. The number of alkyl halides is 1. The summed E-state index contributed by atoms with van der Waals surface area (Å²) in [6.07, 6.45) is 8.59. The summed E-state index contributed by atoms with van der Waals surface area (Å²) in [4.78, 5) is 0. The van der Waals surface area contributed by atoms with Gasteiger partial charge in [0.1, 0.15) is 0 Å². The number of rotatable bonds is 9. The topological polar surface area (TPSA) is 0 Å². The molecule has 0 aromatic rings. The van der Waals surface area contributed by atoms with Gasteiger partial charge in [0.15, 0.2) is 0 Å². The summed E-state index contributed by atoms with van der Waals surface area (Å²) in [5.74, 6) is 0. The third kappa shape index (κ3) is 10.5. The summed E-state index contributed by atoms with van der Waals surface area (Å²) in [5, 5.41) is -1.52. The summed E-state index contributed by atoms with van der Waals surface area (Å²) < 4.78 is 22.2. The summed E-state index contributed by atoms with van der Waals surface area (Å²) in [6.45, 7) is 2.21. The monoisotopic (exact) mass is 237 g/mol. The smallest absolute Gasteiger partial charge is 0.0387 e. The lowest BCUT2D eigenvalue weighted by atomic mass is 10.1. The second-order valence-electron chi connectivity index (χ2n) is 3.22. The lowest BCUT2D eigenvalue weighted by Crippen LogP contribution is -1.81. The van der Waals surface area contributed by atoms with E-state index in [1.54, 1.807) is 0 Å². The van der Waals surface area contributed by atoms with Crippen molar-refractivity contribution in [3.05, 3.63) is 0 Å². The molecule has 1 heteroatoms. The average molecular weight is 238 g/mol. The predicted molar refractivity (Wildman–Crippen MR) is 61.0 cm³/mol. The zero-order valence-corrected chi connectivity index (χ0v) is 9.70. The molecule has 1 atom stereocenters. The van der Waals surface area contributed by atoms with Crippen molar-refractivity contribution < 1.29 is 4.11 Å². The molecule has 12 heavy (non-hydrogen) atoms. The van der Waals surface area contributed by atoms with Crippen molar-refractivity contribution in [1.82, 2.24) is 0 Å². The summed E-state index contributed by atoms with van der Waals surface area (Å²) in [5.41, 5.74) is 0. The fourth-order valence-corrected chi connectivity index (χ4v) is 1.49. The first-order chi connectivity index (χ1) is 6.98. The van der Waals surface area contributed by atoms with E-state index in [1.165, 1.54) is 32.1 Å². The fraction of sp³-hybridized carbons (Fsp3) is 1.00. The van der Waals surface area contributed by atoms with Gasteiger partial charge in [0.05, 0.1) is 0 Å². The molecule has 0 nitrogen and oxygen atoms in total. The van der Waals surface area contributed by atoms with Gasteiger partial charge in [-0.15, -0.1) is 0 Å². The molecular weight excluding hydrogens is 212 g/mol. The molecule has 0 aromatic heterocycles. The highest BCUT2D eigenvalue weighted by molar-refractivity contribution is 9.09. The van der Waals surface area contributed by atoms with Crippen LogP contribution in [-0.4, -0.2) is 5.28 Å². The van der Waals surface area contributed by atoms with Gasteiger partial charge in [0.25, 0.3) is 0 Å². The number of unbranched alkanes of at least 4 members (excludes halogenated alkanes) is 6. The molecule has 0 N–H and O–H groups in total. The van der Waals surface area contributed by atoms with Crippen molar-refractivity contribution in [3.63, 3.8) is 0 Å². The van der Waals surface area contributed by atoms with Gasteiger partial charge < -0.3 is 0 Å². The third-order valence-electron chi connectivity index (χ3n) is 2.03. The molecule has 0 aliphatic rings. The van der Waals surface area contributed by atoms with Crippen molar-refractivity contribution in [1.29, 1.82) is 0 Å². The number of hydrogen-bond acceptors (Lipinski definition) is 0. The van der Waals surface area contributed by atoms with Crippen LogP contribution in [-0.2, 0) is 0 Å². The van der Waals surface area contributed by atoms with E-state index in [-0.39, 0.29) is 0 Å². The Morgan fingerprint density at radius 2 is 1.42 bits per heavy atom. The van der Waals surface area contributed by atoms with Gasteiger partial charge in [-0.1, -0.05) is 74.2 Å². The van der Waals surface area contributed by atoms with Crippen LogP contribution in [0.3, 0.4) is 0 Å². The number of hydrogen-bond donors (Lipinski definition) is 0. The molecule has 0 heterocycles. The summed E-state index contributed by atoms with van der Waals surface area (Å²) in [7, 11) is 0. The second-order valence-corrected chi connectivity index (χ2v) is 3.68. The van der Waals surface area contributed by atoms with Crippen LogP contribution >= 0.6 is 15.9 Å². The Bertz CT molecular complexity index is 145. The highest BCUT2D eigenvalue weighted by atomic mass is 79.9. The van der Waals surface area contributed by atoms with E-state index in [0.29, 0.717) is 6.42 Å². The maximum absolute atomic E-state index is 7.55. The molecular formula is C11H23Br. The highest BCUT2D eigenvalue weighted by Crippen LogP contribution is 2.09. The van der Waals surface area contributed by atoms with Gasteiger partial charge in [-0.05, 0) is 6.40 Å². The Hall–Kier alpha value is 0.480. The Labute approximate surface area is 90.5 Å². The predicted octanol–water partition coefficient (Wildman–Crippen LogP) is 4.91. The van der Waals surface area contributed by atoms with Crippen molar-refractivity contribution in [2.75, 3.05) is 5.28 Å². The summed E-state index contributed by atoms with van der Waals surface area (Å²) in [6, 6.07) is 0. The highest BCUT2D eigenvalue weighted by Gasteiger charge is 1.90. The van der Waals surface area contributed by atoms with Gasteiger partial charge in [-0.2, -0.15) is 0 Å². The maximum atomic E-state index is 7.55. The fourth-order valence-electron chi connectivity index (χ4n) is 1.26. The van der Waals surface area contributed by atoms with Crippen LogP contribution in [0.5, 0.6) is 0 Å². The van der Waals surface area contributed by atoms with Crippen LogP contribution in [0.1, 0.15) is 68.8 Å². The lowest BCUT2D eigenvalue weighted by molar-refractivity contribution is 0.573. The van der Waals surface area contributed by atoms with E-state index in [2.05, 4.69) is 22.9 Å². The van der Waals surface area contributed by atoms with E-state index >= 15 is 0 Å². The molecule has 74 valence electrons. The second kappa shape index (κ2) is 11.5. The molecule has 0 rings (SSSR count). The van der Waals surface area contributed by atoms with Crippen molar-refractivity contribution in [2.24, 2.45) is 0 Å².